The Bertz CT molecular complexity index is 1410. The molecule has 5 heteroatoms. The van der Waals surface area contributed by atoms with Crippen LogP contribution in [0.25, 0.3) is 38.6 Å². The number of hydrogen-bond donors (Lipinski definition) is 0. The monoisotopic (exact) mass is 564 g/mol. The van der Waals surface area contributed by atoms with Crippen molar-refractivity contribution in [2.24, 2.45) is 5.92 Å². The molecule has 0 fully saturated rings. The topological polar surface area (TPSA) is 44.1 Å². The Morgan fingerprint density at radius 3 is 2.59 bits per heavy atom. The standard InChI is InChI=1S/C29H29IN2O2/c1-18(2)17-34-29(33)32-23-12-8-7-11-22(23)25-24(20-15-13-19(3)14-16-20)26(30)27(31-28(25)32)21-9-5-4-6-10-21/h7-9,11-16,18H,4-6,10,17H2,1-3H3. The number of carbonyl (C=O) groups excluding carboxylic acids is 1. The van der Waals surface area contributed by atoms with E-state index in [1.807, 2.05) is 32.0 Å². The van der Waals surface area contributed by atoms with Gasteiger partial charge in [-0.1, -0.05) is 68.0 Å². The van der Waals surface area contributed by atoms with Gasteiger partial charge in [0.1, 0.15) is 0 Å². The molecule has 1 aliphatic rings. The van der Waals surface area contributed by atoms with E-state index in [1.165, 1.54) is 24.0 Å². The number of ether oxygens (including phenoxy) is 1. The molecule has 1 aliphatic carbocycles. The average Bonchev–Trinajstić information content (AvgIpc) is 3.17. The predicted octanol–water partition coefficient (Wildman–Crippen LogP) is 8.37. The number of fused-ring (bicyclic) bond motifs is 3. The highest BCUT2D eigenvalue weighted by atomic mass is 127. The molecule has 0 aliphatic heterocycles. The van der Waals surface area contributed by atoms with Crippen molar-refractivity contribution in [1.82, 2.24) is 9.55 Å². The molecular weight excluding hydrogens is 535 g/mol. The van der Waals surface area contributed by atoms with Gasteiger partial charge in [-0.3, -0.25) is 0 Å². The quantitative estimate of drug-likeness (QED) is 0.234. The van der Waals surface area contributed by atoms with Crippen molar-refractivity contribution < 1.29 is 9.53 Å². The second-order valence-electron chi connectivity index (χ2n) is 9.51. The van der Waals surface area contributed by atoms with E-state index < -0.39 is 0 Å². The van der Waals surface area contributed by atoms with Gasteiger partial charge in [0.25, 0.3) is 0 Å². The second-order valence-corrected chi connectivity index (χ2v) is 10.6. The van der Waals surface area contributed by atoms with Crippen LogP contribution < -0.4 is 0 Å². The van der Waals surface area contributed by atoms with Gasteiger partial charge in [0, 0.05) is 19.9 Å². The maximum atomic E-state index is 13.4. The van der Waals surface area contributed by atoms with Crippen LogP contribution in [0.2, 0.25) is 0 Å². The van der Waals surface area contributed by atoms with E-state index in [9.17, 15) is 4.79 Å². The lowest BCUT2D eigenvalue weighted by Crippen LogP contribution is -2.17. The second kappa shape index (κ2) is 9.53. The molecule has 0 bridgehead atoms. The molecular formula is C29H29IN2O2. The minimum atomic E-state index is -0.368. The van der Waals surface area contributed by atoms with Crippen molar-refractivity contribution in [2.75, 3.05) is 6.61 Å². The number of aromatic nitrogens is 2. The summed E-state index contributed by atoms with van der Waals surface area (Å²) in [6.07, 6.45) is 6.43. The van der Waals surface area contributed by atoms with Gasteiger partial charge in [-0.25, -0.2) is 14.3 Å². The summed E-state index contributed by atoms with van der Waals surface area (Å²) in [4.78, 5) is 18.6. The van der Waals surface area contributed by atoms with Crippen LogP contribution in [0.1, 0.15) is 50.8 Å². The zero-order chi connectivity index (χ0) is 23.8. The van der Waals surface area contributed by atoms with Crippen molar-refractivity contribution >= 4 is 56.2 Å². The number of benzene rings is 2. The first-order valence-electron chi connectivity index (χ1n) is 12.0. The Labute approximate surface area is 214 Å². The Morgan fingerprint density at radius 2 is 1.88 bits per heavy atom. The molecule has 4 nitrogen and oxygen atoms in total. The fourth-order valence-electron chi connectivity index (χ4n) is 4.71. The van der Waals surface area contributed by atoms with Gasteiger partial charge >= 0.3 is 6.09 Å². The molecule has 2 aromatic carbocycles. The summed E-state index contributed by atoms with van der Waals surface area (Å²) in [5.74, 6) is 0.261. The predicted molar refractivity (Wildman–Crippen MR) is 148 cm³/mol. The normalized spacial score (nSPS) is 14.1. The van der Waals surface area contributed by atoms with Crippen LogP contribution in [0.4, 0.5) is 4.79 Å². The highest BCUT2D eigenvalue weighted by Gasteiger charge is 2.26. The molecule has 5 rings (SSSR count). The Hall–Kier alpha value is -2.67. The zero-order valence-electron chi connectivity index (χ0n) is 19.9. The van der Waals surface area contributed by atoms with E-state index in [2.05, 4.69) is 65.9 Å². The number of hydrogen-bond acceptors (Lipinski definition) is 3. The third-order valence-electron chi connectivity index (χ3n) is 6.40. The summed E-state index contributed by atoms with van der Waals surface area (Å²) in [5.41, 5.74) is 7.27. The molecule has 0 N–H and O–H groups in total. The number of aryl methyl sites for hydroxylation is 1. The Morgan fingerprint density at radius 1 is 1.12 bits per heavy atom. The van der Waals surface area contributed by atoms with Crippen molar-refractivity contribution in [3.8, 4) is 11.1 Å². The molecule has 0 saturated carbocycles. The van der Waals surface area contributed by atoms with Gasteiger partial charge in [-0.05, 0) is 78.3 Å². The molecule has 0 radical (unpaired) electrons. The molecule has 4 aromatic rings. The Balaban J connectivity index is 1.87. The minimum Gasteiger partial charge on any atom is -0.449 e. The number of halogens is 1. The van der Waals surface area contributed by atoms with Crippen LogP contribution in [0, 0.1) is 16.4 Å². The van der Waals surface area contributed by atoms with E-state index in [0.29, 0.717) is 12.3 Å². The Kier molecular flexibility index (Phi) is 6.47. The fourth-order valence-corrected chi connectivity index (χ4v) is 5.75. The van der Waals surface area contributed by atoms with E-state index in [4.69, 9.17) is 9.72 Å². The number of para-hydroxylation sites is 1. The maximum absolute atomic E-state index is 13.4. The summed E-state index contributed by atoms with van der Waals surface area (Å²) >= 11 is 2.46. The van der Waals surface area contributed by atoms with Gasteiger partial charge in [-0.2, -0.15) is 0 Å². The van der Waals surface area contributed by atoms with Crippen molar-refractivity contribution in [1.29, 1.82) is 0 Å². The molecule has 0 amide bonds. The van der Waals surface area contributed by atoms with E-state index >= 15 is 0 Å². The summed E-state index contributed by atoms with van der Waals surface area (Å²) in [7, 11) is 0. The van der Waals surface area contributed by atoms with Gasteiger partial charge in [-0.15, -0.1) is 0 Å². The van der Waals surface area contributed by atoms with Crippen LogP contribution in [-0.4, -0.2) is 22.3 Å². The lowest BCUT2D eigenvalue weighted by atomic mass is 9.93. The number of rotatable bonds is 4. The first-order valence-corrected chi connectivity index (χ1v) is 13.1. The smallest absolute Gasteiger partial charge is 0.420 e. The highest BCUT2D eigenvalue weighted by molar-refractivity contribution is 14.1. The molecule has 0 atom stereocenters. The van der Waals surface area contributed by atoms with Crippen molar-refractivity contribution in [3.05, 3.63) is 69.4 Å². The highest BCUT2D eigenvalue weighted by Crippen LogP contribution is 2.42. The summed E-state index contributed by atoms with van der Waals surface area (Å²) in [6.45, 7) is 6.57. The third kappa shape index (κ3) is 4.15. The molecule has 0 unspecified atom stereocenters. The summed E-state index contributed by atoms with van der Waals surface area (Å²) < 4.78 is 8.52. The van der Waals surface area contributed by atoms with Gasteiger partial charge in [0.2, 0.25) is 0 Å². The SMILES string of the molecule is Cc1ccc(-c2c(I)c(C3=CCCCC3)nc3c2c2ccccc2n3C(=O)OCC(C)C)cc1. The molecule has 2 aromatic heterocycles. The first-order chi connectivity index (χ1) is 16.5. The third-order valence-corrected chi connectivity index (χ3v) is 7.45. The average molecular weight is 564 g/mol. The van der Waals surface area contributed by atoms with Crippen LogP contribution in [0.5, 0.6) is 0 Å². The molecule has 0 saturated heterocycles. The number of allylic oxidation sites excluding steroid dienone is 2. The van der Waals surface area contributed by atoms with Gasteiger partial charge in [0.15, 0.2) is 5.65 Å². The van der Waals surface area contributed by atoms with Gasteiger partial charge in [0.05, 0.1) is 17.8 Å². The van der Waals surface area contributed by atoms with E-state index in [-0.39, 0.29) is 12.0 Å². The largest absolute Gasteiger partial charge is 0.449 e. The van der Waals surface area contributed by atoms with E-state index in [0.717, 1.165) is 49.5 Å². The summed E-state index contributed by atoms with van der Waals surface area (Å²) in [6, 6.07) is 16.7. The van der Waals surface area contributed by atoms with Crippen LogP contribution in [0.3, 0.4) is 0 Å². The zero-order valence-corrected chi connectivity index (χ0v) is 22.1. The lowest BCUT2D eigenvalue weighted by molar-refractivity contribution is 0.136. The van der Waals surface area contributed by atoms with Crippen LogP contribution in [-0.2, 0) is 4.74 Å². The van der Waals surface area contributed by atoms with Crippen LogP contribution >= 0.6 is 22.6 Å². The van der Waals surface area contributed by atoms with E-state index in [1.54, 1.807) is 4.57 Å². The number of pyridine rings is 1. The molecule has 174 valence electrons. The maximum Gasteiger partial charge on any atom is 0.420 e. The minimum absolute atomic E-state index is 0.261. The molecule has 34 heavy (non-hydrogen) atoms. The number of carbonyl (C=O) groups is 1. The first kappa shape index (κ1) is 23.1. The van der Waals surface area contributed by atoms with Gasteiger partial charge < -0.3 is 4.74 Å². The fraction of sp³-hybridized carbons (Fsp3) is 0.310. The van der Waals surface area contributed by atoms with Crippen LogP contribution in [0.15, 0.2) is 54.6 Å². The van der Waals surface area contributed by atoms with Crippen molar-refractivity contribution in [2.45, 2.75) is 46.5 Å². The van der Waals surface area contributed by atoms with Crippen molar-refractivity contribution in [3.63, 3.8) is 0 Å². The lowest BCUT2D eigenvalue weighted by Gasteiger charge is -2.18. The molecule has 0 spiro atoms. The molecule has 2 heterocycles. The summed E-state index contributed by atoms with van der Waals surface area (Å²) in [5, 5.41) is 2.02. The number of nitrogens with zero attached hydrogens (tertiary/aromatic N) is 2.